The van der Waals surface area contributed by atoms with E-state index in [4.69, 9.17) is 4.74 Å². The first kappa shape index (κ1) is 9.71. The Hall–Kier alpha value is -1.50. The summed E-state index contributed by atoms with van der Waals surface area (Å²) in [5.41, 5.74) is 0. The van der Waals surface area contributed by atoms with Gasteiger partial charge in [-0.15, -0.1) is 0 Å². The summed E-state index contributed by atoms with van der Waals surface area (Å²) in [6.07, 6.45) is 5.41. The van der Waals surface area contributed by atoms with Crippen molar-refractivity contribution in [2.75, 3.05) is 0 Å². The average Bonchev–Trinajstić information content (AvgIpc) is 2.82. The van der Waals surface area contributed by atoms with Crippen molar-refractivity contribution in [2.24, 2.45) is 0 Å². The minimum Gasteiger partial charge on any atom is -0.490 e. The van der Waals surface area contributed by atoms with E-state index in [0.29, 0.717) is 6.10 Å². The molecule has 0 bridgehead atoms. The third kappa shape index (κ3) is 1.90. The smallest absolute Gasteiger partial charge is 0.128 e. The second-order valence-electron chi connectivity index (χ2n) is 4.43. The molecule has 0 amide bonds. The number of hydrogen-bond acceptors (Lipinski definition) is 1. The van der Waals surface area contributed by atoms with Gasteiger partial charge in [0.25, 0.3) is 0 Å². The Bertz CT molecular complexity index is 484. The number of rotatable bonds is 2. The van der Waals surface area contributed by atoms with Crippen LogP contribution in [0.4, 0.5) is 0 Å². The lowest BCUT2D eigenvalue weighted by Gasteiger charge is -2.12. The van der Waals surface area contributed by atoms with Gasteiger partial charge in [0.2, 0.25) is 0 Å². The first-order chi connectivity index (χ1) is 7.92. The molecule has 1 aliphatic rings. The highest BCUT2D eigenvalue weighted by Gasteiger charge is 2.16. The molecule has 0 atom stereocenters. The van der Waals surface area contributed by atoms with Gasteiger partial charge in [0, 0.05) is 6.07 Å². The van der Waals surface area contributed by atoms with E-state index in [0.717, 1.165) is 11.1 Å². The zero-order valence-electron chi connectivity index (χ0n) is 9.28. The monoisotopic (exact) mass is 211 g/mol. The van der Waals surface area contributed by atoms with Crippen LogP contribution >= 0.6 is 0 Å². The maximum Gasteiger partial charge on any atom is 0.128 e. The molecule has 81 valence electrons. The summed E-state index contributed by atoms with van der Waals surface area (Å²) < 4.78 is 5.93. The Balaban J connectivity index is 1.86. The van der Waals surface area contributed by atoms with Crippen molar-refractivity contribution in [3.63, 3.8) is 0 Å². The fraction of sp³-hybridized carbons (Fsp3) is 0.333. The van der Waals surface area contributed by atoms with Crippen molar-refractivity contribution in [3.05, 3.63) is 42.5 Å². The second kappa shape index (κ2) is 4.17. The van der Waals surface area contributed by atoms with Gasteiger partial charge >= 0.3 is 0 Å². The minimum absolute atomic E-state index is 0.414. The van der Waals surface area contributed by atoms with Gasteiger partial charge < -0.3 is 4.74 Å². The highest BCUT2D eigenvalue weighted by molar-refractivity contribution is 5.83. The third-order valence-corrected chi connectivity index (χ3v) is 3.23. The fourth-order valence-electron chi connectivity index (χ4n) is 2.35. The van der Waals surface area contributed by atoms with Crippen molar-refractivity contribution in [1.82, 2.24) is 0 Å². The molecule has 1 radical (unpaired) electrons. The zero-order valence-corrected chi connectivity index (χ0v) is 9.28. The molecule has 1 fully saturated rings. The second-order valence-corrected chi connectivity index (χ2v) is 4.43. The predicted molar refractivity (Wildman–Crippen MR) is 65.7 cm³/mol. The first-order valence-electron chi connectivity index (χ1n) is 5.99. The van der Waals surface area contributed by atoms with Crippen LogP contribution in [0.2, 0.25) is 0 Å². The SMILES string of the molecule is [c]1c(OC2CCCC2)ccc2ccccc12. The summed E-state index contributed by atoms with van der Waals surface area (Å²) in [6.45, 7) is 0. The molecule has 0 spiro atoms. The predicted octanol–water partition coefficient (Wildman–Crippen LogP) is 3.96. The van der Waals surface area contributed by atoms with Crippen LogP contribution in [0.3, 0.4) is 0 Å². The van der Waals surface area contributed by atoms with Gasteiger partial charge in [-0.25, -0.2) is 0 Å². The number of hydrogen-bond donors (Lipinski definition) is 0. The van der Waals surface area contributed by atoms with E-state index in [1.165, 1.54) is 31.1 Å². The van der Waals surface area contributed by atoms with E-state index < -0.39 is 0 Å². The van der Waals surface area contributed by atoms with Crippen molar-refractivity contribution in [1.29, 1.82) is 0 Å². The van der Waals surface area contributed by atoms with E-state index in [1.54, 1.807) is 0 Å². The molecule has 1 heteroatoms. The maximum atomic E-state index is 5.93. The van der Waals surface area contributed by atoms with Crippen LogP contribution in [0.15, 0.2) is 36.4 Å². The number of fused-ring (bicyclic) bond motifs is 1. The molecule has 2 aromatic rings. The molecule has 1 aliphatic carbocycles. The van der Waals surface area contributed by atoms with Crippen molar-refractivity contribution in [3.8, 4) is 5.75 Å². The lowest BCUT2D eigenvalue weighted by atomic mass is 10.1. The Morgan fingerprint density at radius 1 is 1.00 bits per heavy atom. The summed E-state index contributed by atoms with van der Waals surface area (Å²) in [5, 5.41) is 2.36. The normalized spacial score (nSPS) is 16.8. The average molecular weight is 211 g/mol. The first-order valence-corrected chi connectivity index (χ1v) is 5.99. The van der Waals surface area contributed by atoms with Crippen LogP contribution in [0.25, 0.3) is 10.8 Å². The lowest BCUT2D eigenvalue weighted by molar-refractivity contribution is 0.210. The highest BCUT2D eigenvalue weighted by atomic mass is 16.5. The quantitative estimate of drug-likeness (QED) is 0.730. The molecule has 1 saturated carbocycles. The lowest BCUT2D eigenvalue weighted by Crippen LogP contribution is -2.10. The number of ether oxygens (including phenoxy) is 1. The van der Waals surface area contributed by atoms with Gasteiger partial charge in [0.1, 0.15) is 5.75 Å². The molecule has 0 N–H and O–H groups in total. The van der Waals surface area contributed by atoms with E-state index in [9.17, 15) is 0 Å². The minimum atomic E-state index is 0.414. The van der Waals surface area contributed by atoms with Gasteiger partial charge in [-0.3, -0.25) is 0 Å². The molecule has 1 nitrogen and oxygen atoms in total. The Morgan fingerprint density at radius 2 is 1.81 bits per heavy atom. The molecule has 0 saturated heterocycles. The van der Waals surface area contributed by atoms with E-state index in [-0.39, 0.29) is 0 Å². The van der Waals surface area contributed by atoms with E-state index in [1.807, 2.05) is 18.2 Å². The maximum absolute atomic E-state index is 5.93. The van der Waals surface area contributed by atoms with Gasteiger partial charge in [0.15, 0.2) is 0 Å². The molecule has 3 rings (SSSR count). The molecule has 0 aromatic heterocycles. The molecule has 16 heavy (non-hydrogen) atoms. The van der Waals surface area contributed by atoms with Gasteiger partial charge in [-0.1, -0.05) is 30.3 Å². The molecular weight excluding hydrogens is 196 g/mol. The Labute approximate surface area is 96.0 Å². The third-order valence-electron chi connectivity index (χ3n) is 3.23. The van der Waals surface area contributed by atoms with Crippen molar-refractivity contribution >= 4 is 10.8 Å². The molecular formula is C15H15O. The topological polar surface area (TPSA) is 9.23 Å². The Morgan fingerprint density at radius 3 is 2.69 bits per heavy atom. The molecule has 0 unspecified atom stereocenters. The number of benzene rings is 2. The zero-order chi connectivity index (χ0) is 10.8. The van der Waals surface area contributed by atoms with Crippen LogP contribution in [-0.2, 0) is 0 Å². The highest BCUT2D eigenvalue weighted by Crippen LogP contribution is 2.26. The summed E-state index contributed by atoms with van der Waals surface area (Å²) in [6, 6.07) is 15.7. The van der Waals surface area contributed by atoms with Gasteiger partial charge in [-0.2, -0.15) is 0 Å². The summed E-state index contributed by atoms with van der Waals surface area (Å²) in [5.74, 6) is 0.894. The van der Waals surface area contributed by atoms with Gasteiger partial charge in [0.05, 0.1) is 6.10 Å². The molecule has 0 aliphatic heterocycles. The van der Waals surface area contributed by atoms with Gasteiger partial charge in [-0.05, 0) is 42.5 Å². The summed E-state index contributed by atoms with van der Waals surface area (Å²) in [7, 11) is 0. The van der Waals surface area contributed by atoms with E-state index >= 15 is 0 Å². The summed E-state index contributed by atoms with van der Waals surface area (Å²) >= 11 is 0. The standard InChI is InChI=1S/C15H15O/c1-2-6-13-11-15(10-9-12(13)5-1)16-14-7-3-4-8-14/h1-2,5-6,9-10,14H,3-4,7-8H2. The molecule has 0 heterocycles. The van der Waals surface area contributed by atoms with Crippen LogP contribution in [0.1, 0.15) is 25.7 Å². The van der Waals surface area contributed by atoms with Crippen molar-refractivity contribution in [2.45, 2.75) is 31.8 Å². The van der Waals surface area contributed by atoms with Crippen molar-refractivity contribution < 1.29 is 4.74 Å². The molecule has 2 aromatic carbocycles. The van der Waals surface area contributed by atoms with Crippen LogP contribution in [-0.4, -0.2) is 6.10 Å². The van der Waals surface area contributed by atoms with Crippen LogP contribution in [0, 0.1) is 6.07 Å². The summed E-state index contributed by atoms with van der Waals surface area (Å²) in [4.78, 5) is 0. The van der Waals surface area contributed by atoms with E-state index in [2.05, 4.69) is 24.3 Å². The van der Waals surface area contributed by atoms with Crippen LogP contribution < -0.4 is 4.74 Å². The Kier molecular flexibility index (Phi) is 2.53. The fourth-order valence-corrected chi connectivity index (χ4v) is 2.35. The van der Waals surface area contributed by atoms with Crippen LogP contribution in [0.5, 0.6) is 5.75 Å². The largest absolute Gasteiger partial charge is 0.490 e.